The van der Waals surface area contributed by atoms with Gasteiger partial charge in [-0.05, 0) is 0 Å². The van der Waals surface area contributed by atoms with Crippen LogP contribution < -0.4 is 5.73 Å². The van der Waals surface area contributed by atoms with Gasteiger partial charge >= 0.3 is 0 Å². The van der Waals surface area contributed by atoms with E-state index in [1.165, 1.54) is 0 Å². The van der Waals surface area contributed by atoms with E-state index in [4.69, 9.17) is 15.6 Å². The molecule has 0 saturated carbocycles. The minimum absolute atomic E-state index is 0.638. The highest BCUT2D eigenvalue weighted by atomic mass is 16.7. The maximum atomic E-state index is 11.1. The van der Waals surface area contributed by atoms with Crippen LogP contribution in [0.1, 0.15) is 6.92 Å². The van der Waals surface area contributed by atoms with Gasteiger partial charge in [-0.25, -0.2) is 0 Å². The summed E-state index contributed by atoms with van der Waals surface area (Å²) >= 11 is 0. The van der Waals surface area contributed by atoms with Gasteiger partial charge in [-0.15, -0.1) is 0 Å². The summed E-state index contributed by atoms with van der Waals surface area (Å²) in [5, 5.41) is 37.4. The highest BCUT2D eigenvalue weighted by Crippen LogP contribution is 2.27. The number of aliphatic hydroxyl groups excluding tert-OH is 3. The second kappa shape index (κ2) is 4.12. The standard InChI is InChI=1S/C8H15NO6/c1-3(11)8(14)7(9)6(13)5(12)4(2-10)15-8/h4-7,10,12-14H,2,9H2,1H3/t4-,5+,6+,7-,8?/m1/s1. The average molecular weight is 221 g/mol. The smallest absolute Gasteiger partial charge is 0.244 e. The van der Waals surface area contributed by atoms with Crippen molar-refractivity contribution in [3.05, 3.63) is 0 Å². The van der Waals surface area contributed by atoms with E-state index in [-0.39, 0.29) is 0 Å². The molecule has 1 heterocycles. The Kier molecular flexibility index (Phi) is 3.44. The summed E-state index contributed by atoms with van der Waals surface area (Å²) in [6, 6.07) is -1.45. The normalized spacial score (nSPS) is 46.5. The molecule has 88 valence electrons. The molecule has 5 atom stereocenters. The fraction of sp³-hybridized carbons (Fsp3) is 0.875. The Morgan fingerprint density at radius 1 is 1.47 bits per heavy atom. The van der Waals surface area contributed by atoms with E-state index in [0.717, 1.165) is 6.92 Å². The van der Waals surface area contributed by atoms with Crippen molar-refractivity contribution in [3.8, 4) is 0 Å². The van der Waals surface area contributed by atoms with Crippen LogP contribution in [0.3, 0.4) is 0 Å². The molecule has 7 heteroatoms. The van der Waals surface area contributed by atoms with E-state index in [9.17, 15) is 20.1 Å². The van der Waals surface area contributed by atoms with E-state index < -0.39 is 42.5 Å². The summed E-state index contributed by atoms with van der Waals surface area (Å²) in [5.41, 5.74) is 5.38. The molecule has 1 aliphatic heterocycles. The molecule has 0 radical (unpaired) electrons. The number of nitrogens with two attached hydrogens (primary N) is 1. The Balaban J connectivity index is 2.97. The van der Waals surface area contributed by atoms with Crippen molar-refractivity contribution >= 4 is 5.78 Å². The molecule has 15 heavy (non-hydrogen) atoms. The lowest BCUT2D eigenvalue weighted by Gasteiger charge is -2.44. The van der Waals surface area contributed by atoms with Crippen LogP contribution in [0.25, 0.3) is 0 Å². The number of hydrogen-bond donors (Lipinski definition) is 5. The minimum Gasteiger partial charge on any atom is -0.394 e. The molecule has 0 amide bonds. The van der Waals surface area contributed by atoms with Gasteiger partial charge in [-0.2, -0.15) is 0 Å². The maximum absolute atomic E-state index is 11.1. The summed E-state index contributed by atoms with van der Waals surface area (Å²) in [5.74, 6) is -3.16. The third kappa shape index (κ3) is 1.89. The maximum Gasteiger partial charge on any atom is 0.244 e. The van der Waals surface area contributed by atoms with Crippen LogP contribution in [0.15, 0.2) is 0 Å². The van der Waals surface area contributed by atoms with Crippen molar-refractivity contribution in [1.29, 1.82) is 0 Å². The first kappa shape index (κ1) is 12.5. The second-order valence-corrected chi connectivity index (χ2v) is 3.60. The molecule has 7 nitrogen and oxygen atoms in total. The summed E-state index contributed by atoms with van der Waals surface area (Å²) < 4.78 is 4.80. The van der Waals surface area contributed by atoms with E-state index in [2.05, 4.69) is 0 Å². The fourth-order valence-electron chi connectivity index (χ4n) is 1.51. The highest BCUT2D eigenvalue weighted by Gasteiger charge is 2.54. The molecule has 0 aliphatic carbocycles. The molecule has 1 aliphatic rings. The van der Waals surface area contributed by atoms with Crippen molar-refractivity contribution < 1.29 is 30.0 Å². The molecule has 0 spiro atoms. The fourth-order valence-corrected chi connectivity index (χ4v) is 1.51. The number of hydrogen-bond acceptors (Lipinski definition) is 7. The number of rotatable bonds is 2. The van der Waals surface area contributed by atoms with Crippen molar-refractivity contribution in [2.45, 2.75) is 37.1 Å². The van der Waals surface area contributed by atoms with Crippen molar-refractivity contribution in [1.82, 2.24) is 0 Å². The van der Waals surface area contributed by atoms with Gasteiger partial charge in [0.2, 0.25) is 5.79 Å². The summed E-state index contributed by atoms with van der Waals surface area (Å²) in [6.45, 7) is 0.402. The van der Waals surface area contributed by atoms with Gasteiger partial charge in [0, 0.05) is 6.92 Å². The zero-order valence-corrected chi connectivity index (χ0v) is 8.20. The molecule has 0 aromatic carbocycles. The average Bonchev–Trinajstić information content (AvgIpc) is 2.20. The van der Waals surface area contributed by atoms with Gasteiger partial charge in [0.05, 0.1) is 12.6 Å². The van der Waals surface area contributed by atoms with Crippen LogP contribution in [0.2, 0.25) is 0 Å². The number of Topliss-reactive ketones (excluding diaryl/α,β-unsaturated/α-hetero) is 1. The summed E-state index contributed by atoms with van der Waals surface area (Å²) in [7, 11) is 0. The third-order valence-electron chi connectivity index (χ3n) is 2.57. The molecule has 0 bridgehead atoms. The number of carbonyl (C=O) groups excluding carboxylic acids is 1. The zero-order chi connectivity index (χ0) is 11.8. The first-order valence-electron chi connectivity index (χ1n) is 4.48. The lowest BCUT2D eigenvalue weighted by molar-refractivity contribution is -0.296. The van der Waals surface area contributed by atoms with Gasteiger partial charge in [0.25, 0.3) is 0 Å². The van der Waals surface area contributed by atoms with E-state index in [1.807, 2.05) is 0 Å². The lowest BCUT2D eigenvalue weighted by atomic mass is 9.89. The monoisotopic (exact) mass is 221 g/mol. The lowest BCUT2D eigenvalue weighted by Crippen LogP contribution is -2.70. The van der Waals surface area contributed by atoms with Gasteiger partial charge in [0.1, 0.15) is 18.3 Å². The first-order chi connectivity index (χ1) is 6.84. The summed E-state index contributed by atoms with van der Waals surface area (Å²) in [6.07, 6.45) is -4.22. The van der Waals surface area contributed by atoms with Crippen molar-refractivity contribution in [2.75, 3.05) is 6.61 Å². The number of aliphatic hydroxyl groups is 4. The molecule has 1 rings (SSSR count). The van der Waals surface area contributed by atoms with Crippen LogP contribution in [0.5, 0.6) is 0 Å². The van der Waals surface area contributed by atoms with Gasteiger partial charge in [-0.1, -0.05) is 0 Å². The number of ether oxygens (including phenoxy) is 1. The SMILES string of the molecule is CC(=O)C1(O)O[C@H](CO)[C@H](O)[C@H](O)[C@H]1N. The minimum atomic E-state index is -2.37. The Morgan fingerprint density at radius 3 is 2.40 bits per heavy atom. The molecular formula is C8H15NO6. The van der Waals surface area contributed by atoms with Crippen LogP contribution >= 0.6 is 0 Å². The summed E-state index contributed by atoms with van der Waals surface area (Å²) in [4.78, 5) is 11.1. The van der Waals surface area contributed by atoms with Crippen molar-refractivity contribution in [3.63, 3.8) is 0 Å². The Labute approximate surface area is 86.1 Å². The third-order valence-corrected chi connectivity index (χ3v) is 2.57. The highest BCUT2D eigenvalue weighted by molar-refractivity contribution is 5.84. The van der Waals surface area contributed by atoms with Crippen LogP contribution in [0.4, 0.5) is 0 Å². The molecule has 1 fully saturated rings. The molecule has 1 unspecified atom stereocenters. The number of carbonyl (C=O) groups is 1. The molecule has 0 aromatic rings. The van der Waals surface area contributed by atoms with Crippen LogP contribution in [-0.2, 0) is 9.53 Å². The quantitative estimate of drug-likeness (QED) is 0.330. The Hall–Kier alpha value is -0.570. The molecule has 1 saturated heterocycles. The predicted molar refractivity (Wildman–Crippen MR) is 47.6 cm³/mol. The predicted octanol–water partition coefficient (Wildman–Crippen LogP) is -3.30. The number of ketones is 1. The first-order valence-corrected chi connectivity index (χ1v) is 4.48. The Bertz CT molecular complexity index is 258. The van der Waals surface area contributed by atoms with Crippen LogP contribution in [0, 0.1) is 0 Å². The van der Waals surface area contributed by atoms with Gasteiger partial charge in [0.15, 0.2) is 5.78 Å². The van der Waals surface area contributed by atoms with E-state index in [0.29, 0.717) is 0 Å². The second-order valence-electron chi connectivity index (χ2n) is 3.60. The topological polar surface area (TPSA) is 133 Å². The molecule has 6 N–H and O–H groups in total. The molecule has 0 aromatic heterocycles. The van der Waals surface area contributed by atoms with E-state index >= 15 is 0 Å². The Morgan fingerprint density at radius 2 is 2.00 bits per heavy atom. The van der Waals surface area contributed by atoms with Gasteiger partial charge in [-0.3, -0.25) is 4.79 Å². The van der Waals surface area contributed by atoms with E-state index in [1.54, 1.807) is 0 Å². The molecular weight excluding hydrogens is 206 g/mol. The van der Waals surface area contributed by atoms with Crippen LogP contribution in [-0.4, -0.2) is 63.0 Å². The zero-order valence-electron chi connectivity index (χ0n) is 8.20. The largest absolute Gasteiger partial charge is 0.394 e. The van der Waals surface area contributed by atoms with Gasteiger partial charge < -0.3 is 30.9 Å². The van der Waals surface area contributed by atoms with Crippen molar-refractivity contribution in [2.24, 2.45) is 5.73 Å².